The van der Waals surface area contributed by atoms with Crippen LogP contribution in [0.15, 0.2) is 77.2 Å². The number of oxazole rings is 1. The van der Waals surface area contributed by atoms with Crippen molar-refractivity contribution in [3.05, 3.63) is 95.4 Å². The van der Waals surface area contributed by atoms with Gasteiger partial charge in [0.15, 0.2) is 11.4 Å². The summed E-state index contributed by atoms with van der Waals surface area (Å²) >= 11 is 0. The van der Waals surface area contributed by atoms with Crippen LogP contribution in [0.2, 0.25) is 0 Å². The van der Waals surface area contributed by atoms with Crippen molar-refractivity contribution in [1.29, 1.82) is 0 Å². The number of allylic oxidation sites excluding steroid dienone is 1. The Hall–Kier alpha value is -3.66. The number of benzene rings is 3. The lowest BCUT2D eigenvalue weighted by Gasteiger charge is -2.12. The summed E-state index contributed by atoms with van der Waals surface area (Å²) < 4.78 is 5.92. The molecule has 0 saturated heterocycles. The van der Waals surface area contributed by atoms with Gasteiger partial charge in [-0.05, 0) is 42.8 Å². The van der Waals surface area contributed by atoms with E-state index >= 15 is 0 Å². The van der Waals surface area contributed by atoms with Crippen LogP contribution in [0.5, 0.6) is 0 Å². The van der Waals surface area contributed by atoms with Crippen molar-refractivity contribution < 1.29 is 9.21 Å². The van der Waals surface area contributed by atoms with Crippen LogP contribution in [-0.2, 0) is 0 Å². The first-order valence-electron chi connectivity index (χ1n) is 9.48. The molecule has 0 atom stereocenters. The maximum absolute atomic E-state index is 13.3. The van der Waals surface area contributed by atoms with Crippen LogP contribution >= 0.6 is 0 Å². The maximum atomic E-state index is 13.3. The van der Waals surface area contributed by atoms with Crippen LogP contribution in [0.25, 0.3) is 22.7 Å². The van der Waals surface area contributed by atoms with Gasteiger partial charge in [0.1, 0.15) is 5.52 Å². The third-order valence-electron chi connectivity index (χ3n) is 4.80. The molecule has 0 radical (unpaired) electrons. The number of aromatic nitrogens is 1. The van der Waals surface area contributed by atoms with Gasteiger partial charge in [-0.3, -0.25) is 4.79 Å². The Morgan fingerprint density at radius 1 is 0.931 bits per heavy atom. The summed E-state index contributed by atoms with van der Waals surface area (Å²) in [7, 11) is 3.99. The smallest absolute Gasteiger partial charge is 0.231 e. The van der Waals surface area contributed by atoms with Gasteiger partial charge < -0.3 is 9.32 Å². The molecule has 0 fully saturated rings. The van der Waals surface area contributed by atoms with Crippen LogP contribution in [0.3, 0.4) is 0 Å². The van der Waals surface area contributed by atoms with Gasteiger partial charge in [-0.1, -0.05) is 54.1 Å². The lowest BCUT2D eigenvalue weighted by atomic mass is 10.00. The summed E-state index contributed by atoms with van der Waals surface area (Å²) in [4.78, 5) is 19.9. The second kappa shape index (κ2) is 7.76. The first-order valence-corrected chi connectivity index (χ1v) is 9.48. The number of fused-ring (bicyclic) bond motifs is 1. The van der Waals surface area contributed by atoms with E-state index in [4.69, 9.17) is 4.42 Å². The summed E-state index contributed by atoms with van der Waals surface area (Å²) in [6, 6.07) is 23.1. The molecule has 0 amide bonds. The van der Waals surface area contributed by atoms with E-state index in [2.05, 4.69) is 4.98 Å². The van der Waals surface area contributed by atoms with Gasteiger partial charge in [-0.15, -0.1) is 0 Å². The number of para-hydroxylation sites is 2. The fourth-order valence-electron chi connectivity index (χ4n) is 3.11. The highest BCUT2D eigenvalue weighted by atomic mass is 16.3. The first-order chi connectivity index (χ1) is 14.0. The third kappa shape index (κ3) is 3.97. The van der Waals surface area contributed by atoms with E-state index in [1.54, 1.807) is 0 Å². The molecular formula is C25H22N2O2. The molecule has 1 aromatic heterocycles. The number of carbonyl (C=O) groups excluding carboxylic acids is 1. The van der Waals surface area contributed by atoms with Crippen LogP contribution in [0.1, 0.15) is 27.4 Å². The third-order valence-corrected chi connectivity index (χ3v) is 4.80. The van der Waals surface area contributed by atoms with Crippen LogP contribution in [0, 0.1) is 6.92 Å². The fourth-order valence-corrected chi connectivity index (χ4v) is 3.11. The number of hydrogen-bond acceptors (Lipinski definition) is 4. The molecule has 4 aromatic rings. The van der Waals surface area contributed by atoms with E-state index in [-0.39, 0.29) is 5.78 Å². The number of hydrogen-bond donors (Lipinski definition) is 0. The predicted molar refractivity (Wildman–Crippen MR) is 118 cm³/mol. The number of anilines is 1. The van der Waals surface area contributed by atoms with Crippen molar-refractivity contribution in [3.8, 4) is 0 Å². The summed E-state index contributed by atoms with van der Waals surface area (Å²) in [5.74, 6) is 0.210. The van der Waals surface area contributed by atoms with Gasteiger partial charge in [0, 0.05) is 25.3 Å². The molecule has 144 valence electrons. The van der Waals surface area contributed by atoms with Gasteiger partial charge >= 0.3 is 0 Å². The molecule has 0 aliphatic rings. The Labute approximate surface area is 170 Å². The molecule has 29 heavy (non-hydrogen) atoms. The number of aryl methyl sites for hydroxylation is 1. The van der Waals surface area contributed by atoms with E-state index in [0.29, 0.717) is 22.6 Å². The van der Waals surface area contributed by atoms with Gasteiger partial charge in [0.05, 0.1) is 5.57 Å². The summed E-state index contributed by atoms with van der Waals surface area (Å²) in [6.45, 7) is 2.00. The normalized spacial score (nSPS) is 11.6. The molecule has 1 heterocycles. The maximum Gasteiger partial charge on any atom is 0.231 e. The summed E-state index contributed by atoms with van der Waals surface area (Å²) in [5, 5.41) is 0. The second-order valence-corrected chi connectivity index (χ2v) is 7.23. The largest absolute Gasteiger partial charge is 0.436 e. The Morgan fingerprint density at radius 3 is 2.28 bits per heavy atom. The minimum Gasteiger partial charge on any atom is -0.436 e. The molecule has 4 rings (SSSR count). The lowest BCUT2D eigenvalue weighted by Crippen LogP contribution is -2.08. The van der Waals surface area contributed by atoms with Crippen molar-refractivity contribution in [3.63, 3.8) is 0 Å². The number of rotatable bonds is 5. The summed E-state index contributed by atoms with van der Waals surface area (Å²) in [6.07, 6.45) is 1.84. The van der Waals surface area contributed by atoms with E-state index in [9.17, 15) is 4.79 Å². The average Bonchev–Trinajstić information content (AvgIpc) is 3.16. The van der Waals surface area contributed by atoms with E-state index in [1.165, 1.54) is 0 Å². The number of nitrogens with zero attached hydrogens (tertiary/aromatic N) is 2. The van der Waals surface area contributed by atoms with Crippen LogP contribution in [0.4, 0.5) is 5.69 Å². The quantitative estimate of drug-likeness (QED) is 0.332. The van der Waals surface area contributed by atoms with Crippen molar-refractivity contribution in [1.82, 2.24) is 4.98 Å². The molecule has 0 spiro atoms. The topological polar surface area (TPSA) is 46.3 Å². The second-order valence-electron chi connectivity index (χ2n) is 7.23. The van der Waals surface area contributed by atoms with Crippen LogP contribution < -0.4 is 4.90 Å². The Bertz CT molecular complexity index is 1150. The zero-order valence-corrected chi connectivity index (χ0v) is 16.7. The van der Waals surface area contributed by atoms with Gasteiger partial charge in [-0.2, -0.15) is 0 Å². The zero-order valence-electron chi connectivity index (χ0n) is 16.7. The number of Topliss-reactive ketones (excluding diaryl/α,β-unsaturated/α-hetero) is 1. The van der Waals surface area contributed by atoms with Crippen molar-refractivity contribution in [2.75, 3.05) is 19.0 Å². The molecule has 0 saturated carbocycles. The summed E-state index contributed by atoms with van der Waals surface area (Å²) in [5.41, 5.74) is 5.54. The monoisotopic (exact) mass is 382 g/mol. The molecule has 4 heteroatoms. The van der Waals surface area contributed by atoms with Gasteiger partial charge in [-0.25, -0.2) is 4.98 Å². The molecule has 0 unspecified atom stereocenters. The average molecular weight is 382 g/mol. The molecular weight excluding hydrogens is 360 g/mol. The molecule has 0 bridgehead atoms. The molecule has 0 aliphatic carbocycles. The van der Waals surface area contributed by atoms with Crippen molar-refractivity contribution in [2.24, 2.45) is 0 Å². The van der Waals surface area contributed by atoms with Gasteiger partial charge in [0.25, 0.3) is 0 Å². The first kappa shape index (κ1) is 18.7. The van der Waals surface area contributed by atoms with Crippen molar-refractivity contribution in [2.45, 2.75) is 6.92 Å². The number of ketones is 1. The Kier molecular flexibility index (Phi) is 5.00. The fraction of sp³-hybridized carbons (Fsp3) is 0.120. The highest BCUT2D eigenvalue weighted by Crippen LogP contribution is 2.27. The van der Waals surface area contributed by atoms with E-state index < -0.39 is 0 Å². The zero-order chi connectivity index (χ0) is 20.4. The highest BCUT2D eigenvalue weighted by molar-refractivity contribution is 6.31. The SMILES string of the molecule is Cc1ccc(C(=O)C(=Cc2ccc(N(C)C)cc2)c2nc3ccccc3o2)cc1. The van der Waals surface area contributed by atoms with E-state index in [0.717, 1.165) is 22.3 Å². The van der Waals surface area contributed by atoms with Gasteiger partial charge in [0.2, 0.25) is 5.89 Å². The number of carbonyl (C=O) groups is 1. The molecule has 4 nitrogen and oxygen atoms in total. The minimum atomic E-state index is -0.117. The predicted octanol–water partition coefficient (Wildman–Crippen LogP) is 5.63. The molecule has 3 aromatic carbocycles. The van der Waals surface area contributed by atoms with E-state index in [1.807, 2.05) is 105 Å². The Balaban J connectivity index is 1.81. The Morgan fingerprint density at radius 2 is 1.62 bits per heavy atom. The molecule has 0 N–H and O–H groups in total. The lowest BCUT2D eigenvalue weighted by molar-refractivity contribution is 0.105. The molecule has 0 aliphatic heterocycles. The highest BCUT2D eigenvalue weighted by Gasteiger charge is 2.20. The standard InChI is InChI=1S/C25H22N2O2/c1-17-8-12-19(13-9-17)24(28)21(16-18-10-14-20(15-11-18)27(2)3)25-26-22-6-4-5-7-23(22)29-25/h4-16H,1-3H3. The van der Waals surface area contributed by atoms with Crippen LogP contribution in [-0.4, -0.2) is 24.9 Å². The van der Waals surface area contributed by atoms with Crippen molar-refractivity contribution >= 4 is 34.2 Å². The minimum absolute atomic E-state index is 0.117.